The van der Waals surface area contributed by atoms with Gasteiger partial charge in [0, 0.05) is 30.9 Å². The third-order valence-electron chi connectivity index (χ3n) is 7.37. The van der Waals surface area contributed by atoms with Crippen LogP contribution < -0.4 is 5.73 Å². The Morgan fingerprint density at radius 3 is 2.58 bits per heavy atom. The molecule has 0 bridgehead atoms. The van der Waals surface area contributed by atoms with Gasteiger partial charge in [-0.1, -0.05) is 30.3 Å². The molecule has 2 aromatic heterocycles. The minimum absolute atomic E-state index is 0.157. The van der Waals surface area contributed by atoms with Gasteiger partial charge < -0.3 is 10.3 Å². The van der Waals surface area contributed by atoms with E-state index in [9.17, 15) is 8.42 Å². The number of nitrogens with two attached hydrogens (primary N) is 1. The van der Waals surface area contributed by atoms with Crippen molar-refractivity contribution in [2.75, 3.05) is 25.1 Å². The quantitative estimate of drug-likeness (QED) is 0.636. The lowest BCUT2D eigenvalue weighted by molar-refractivity contribution is 0.171. The number of imidazole rings is 1. The van der Waals surface area contributed by atoms with Crippen LogP contribution in [0.3, 0.4) is 0 Å². The number of rotatable bonds is 4. The standard InChI is InChI=1S/C24H28N6O2S/c1-33(31,32)29-12-11-20(18(14-29)15-7-8-15)30-22-19(27-23(30)16-5-3-2-4-6-16)10-9-17-13-26-24(25)28-21(17)22/h2-6,13,15,18,20H,7-12,14H2,1H3,(H2,25,26,28). The average Bonchev–Trinajstić information content (AvgIpc) is 3.58. The number of hydrogen-bond donors (Lipinski definition) is 1. The fraction of sp³-hybridized carbons (Fsp3) is 0.458. The summed E-state index contributed by atoms with van der Waals surface area (Å²) < 4.78 is 28.8. The fourth-order valence-electron chi connectivity index (χ4n) is 5.63. The lowest BCUT2D eigenvalue weighted by Crippen LogP contribution is -2.45. The van der Waals surface area contributed by atoms with Gasteiger partial charge in [-0.3, -0.25) is 0 Å². The van der Waals surface area contributed by atoms with E-state index in [-0.39, 0.29) is 17.9 Å². The zero-order valence-electron chi connectivity index (χ0n) is 18.7. The summed E-state index contributed by atoms with van der Waals surface area (Å²) in [5.74, 6) is 1.99. The van der Waals surface area contributed by atoms with Crippen LogP contribution in [0, 0.1) is 11.8 Å². The summed E-state index contributed by atoms with van der Waals surface area (Å²) in [6.07, 6.45) is 7.90. The maximum absolute atomic E-state index is 12.4. The molecule has 8 nitrogen and oxygen atoms in total. The Morgan fingerprint density at radius 2 is 1.85 bits per heavy atom. The van der Waals surface area contributed by atoms with Crippen molar-refractivity contribution in [2.24, 2.45) is 11.8 Å². The number of fused-ring (bicyclic) bond motifs is 3. The molecule has 0 spiro atoms. The molecule has 2 aliphatic carbocycles. The number of sulfonamides is 1. The number of aryl methyl sites for hydroxylation is 2. The smallest absolute Gasteiger partial charge is 0.220 e. The number of benzene rings is 1. The molecule has 33 heavy (non-hydrogen) atoms. The lowest BCUT2D eigenvalue weighted by atomic mass is 9.87. The van der Waals surface area contributed by atoms with Crippen LogP contribution in [0.25, 0.3) is 22.8 Å². The molecular formula is C24H28N6O2S. The molecule has 6 rings (SSSR count). The van der Waals surface area contributed by atoms with Gasteiger partial charge in [0.1, 0.15) is 5.82 Å². The van der Waals surface area contributed by atoms with Gasteiger partial charge in [0.25, 0.3) is 0 Å². The first kappa shape index (κ1) is 20.8. The highest BCUT2D eigenvalue weighted by Crippen LogP contribution is 2.49. The number of nitrogen functional groups attached to an aromatic ring is 1. The Balaban J connectivity index is 1.54. The molecule has 3 aliphatic rings. The minimum atomic E-state index is -3.22. The Hall–Kier alpha value is -2.78. The van der Waals surface area contributed by atoms with Crippen molar-refractivity contribution in [3.63, 3.8) is 0 Å². The fourth-order valence-corrected chi connectivity index (χ4v) is 6.51. The zero-order valence-corrected chi connectivity index (χ0v) is 19.5. The van der Waals surface area contributed by atoms with Crippen molar-refractivity contribution in [1.29, 1.82) is 0 Å². The topological polar surface area (TPSA) is 107 Å². The van der Waals surface area contributed by atoms with Gasteiger partial charge in [-0.15, -0.1) is 0 Å². The summed E-state index contributed by atoms with van der Waals surface area (Å²) in [4.78, 5) is 14.0. The van der Waals surface area contributed by atoms with Gasteiger partial charge in [0.2, 0.25) is 16.0 Å². The molecule has 3 heterocycles. The van der Waals surface area contributed by atoms with Gasteiger partial charge in [-0.05, 0) is 49.5 Å². The van der Waals surface area contributed by atoms with Crippen LogP contribution >= 0.6 is 0 Å². The number of hydrogen-bond acceptors (Lipinski definition) is 6. The minimum Gasteiger partial charge on any atom is -0.368 e. The molecule has 3 aromatic rings. The third kappa shape index (κ3) is 3.63. The van der Waals surface area contributed by atoms with Crippen molar-refractivity contribution in [3.05, 3.63) is 47.8 Å². The first-order valence-electron chi connectivity index (χ1n) is 11.6. The van der Waals surface area contributed by atoms with E-state index < -0.39 is 10.0 Å². The van der Waals surface area contributed by atoms with Crippen molar-refractivity contribution < 1.29 is 8.42 Å². The summed E-state index contributed by atoms with van der Waals surface area (Å²) >= 11 is 0. The Bertz CT molecular complexity index is 1320. The summed E-state index contributed by atoms with van der Waals surface area (Å²) in [7, 11) is -3.22. The summed E-state index contributed by atoms with van der Waals surface area (Å²) in [5.41, 5.74) is 11.1. The molecule has 0 radical (unpaired) electrons. The molecule has 0 amide bonds. The van der Waals surface area contributed by atoms with Crippen LogP contribution in [-0.4, -0.2) is 51.6 Å². The highest BCUT2D eigenvalue weighted by Gasteiger charge is 2.44. The molecule has 1 saturated carbocycles. The predicted molar refractivity (Wildman–Crippen MR) is 127 cm³/mol. The zero-order chi connectivity index (χ0) is 22.7. The van der Waals surface area contributed by atoms with Gasteiger partial charge >= 0.3 is 0 Å². The second kappa shape index (κ2) is 7.63. The maximum Gasteiger partial charge on any atom is 0.220 e. The Labute approximate surface area is 193 Å². The second-order valence-corrected chi connectivity index (χ2v) is 11.5. The molecule has 2 N–H and O–H groups in total. The molecule has 172 valence electrons. The maximum atomic E-state index is 12.4. The molecular weight excluding hydrogens is 436 g/mol. The average molecular weight is 465 g/mol. The largest absolute Gasteiger partial charge is 0.368 e. The van der Waals surface area contributed by atoms with E-state index >= 15 is 0 Å². The summed E-state index contributed by atoms with van der Waals surface area (Å²) in [6.45, 7) is 1.08. The van der Waals surface area contributed by atoms with E-state index in [4.69, 9.17) is 10.7 Å². The van der Waals surface area contributed by atoms with Crippen molar-refractivity contribution in [2.45, 2.75) is 38.1 Å². The number of aromatic nitrogens is 4. The van der Waals surface area contributed by atoms with Gasteiger partial charge in [-0.25, -0.2) is 27.7 Å². The molecule has 9 heteroatoms. The van der Waals surface area contributed by atoms with Crippen LogP contribution in [-0.2, 0) is 22.9 Å². The normalized spacial score (nSPS) is 23.2. The molecule has 1 aromatic carbocycles. The molecule has 1 aliphatic heterocycles. The van der Waals surface area contributed by atoms with E-state index in [0.717, 1.165) is 66.1 Å². The van der Waals surface area contributed by atoms with E-state index in [1.54, 1.807) is 4.31 Å². The monoisotopic (exact) mass is 464 g/mol. The van der Waals surface area contributed by atoms with Crippen molar-refractivity contribution in [3.8, 4) is 22.8 Å². The van der Waals surface area contributed by atoms with E-state index in [2.05, 4.69) is 26.7 Å². The first-order valence-corrected chi connectivity index (χ1v) is 13.5. The van der Waals surface area contributed by atoms with E-state index in [1.165, 1.54) is 6.26 Å². The van der Waals surface area contributed by atoms with Crippen LogP contribution in [0.1, 0.15) is 36.6 Å². The molecule has 2 atom stereocenters. The first-order chi connectivity index (χ1) is 15.9. The van der Waals surface area contributed by atoms with Crippen LogP contribution in [0.15, 0.2) is 36.5 Å². The summed E-state index contributed by atoms with van der Waals surface area (Å²) in [6, 6.07) is 10.4. The van der Waals surface area contributed by atoms with Crippen LogP contribution in [0.4, 0.5) is 5.95 Å². The van der Waals surface area contributed by atoms with E-state index in [1.807, 2.05) is 24.4 Å². The lowest BCUT2D eigenvalue weighted by Gasteiger charge is -2.40. The Kier molecular flexibility index (Phi) is 4.81. The molecule has 2 fully saturated rings. The third-order valence-corrected chi connectivity index (χ3v) is 8.63. The highest BCUT2D eigenvalue weighted by molar-refractivity contribution is 7.88. The van der Waals surface area contributed by atoms with Gasteiger partial charge in [0.05, 0.1) is 23.3 Å². The van der Waals surface area contributed by atoms with Crippen molar-refractivity contribution >= 4 is 16.0 Å². The van der Waals surface area contributed by atoms with Gasteiger partial charge in [0.15, 0.2) is 0 Å². The SMILES string of the molecule is CS(=O)(=O)N1CCC(n2c(-c3ccccc3)nc3c2-c2nc(N)ncc2CC3)C(C2CC2)C1. The molecule has 2 unspecified atom stereocenters. The van der Waals surface area contributed by atoms with Crippen LogP contribution in [0.2, 0.25) is 0 Å². The molecule has 1 saturated heterocycles. The number of piperidine rings is 1. The highest BCUT2D eigenvalue weighted by atomic mass is 32.2. The summed E-state index contributed by atoms with van der Waals surface area (Å²) in [5, 5.41) is 0. The predicted octanol–water partition coefficient (Wildman–Crippen LogP) is 2.92. The Morgan fingerprint density at radius 1 is 1.06 bits per heavy atom. The number of nitrogens with zero attached hydrogens (tertiary/aromatic N) is 5. The van der Waals surface area contributed by atoms with Gasteiger partial charge in [-0.2, -0.15) is 0 Å². The number of anilines is 1. The second-order valence-electron chi connectivity index (χ2n) is 9.55. The van der Waals surface area contributed by atoms with E-state index in [0.29, 0.717) is 19.0 Å². The van der Waals surface area contributed by atoms with Crippen molar-refractivity contribution in [1.82, 2.24) is 23.8 Å². The van der Waals surface area contributed by atoms with Crippen LogP contribution in [0.5, 0.6) is 0 Å².